The first kappa shape index (κ1) is 25.1. The molecule has 0 saturated heterocycles. The number of ether oxygens (including phenoxy) is 2. The van der Waals surface area contributed by atoms with Crippen molar-refractivity contribution in [1.29, 1.82) is 0 Å². The van der Waals surface area contributed by atoms with E-state index in [0.717, 1.165) is 36.1 Å². The molecule has 0 amide bonds. The zero-order chi connectivity index (χ0) is 23.3. The molecule has 0 radical (unpaired) electrons. The van der Waals surface area contributed by atoms with Crippen molar-refractivity contribution < 1.29 is 14.3 Å². The van der Waals surface area contributed by atoms with Gasteiger partial charge in [-0.05, 0) is 55.0 Å². The number of unbranched alkanes of at least 4 members (excludes halogenated alkanes) is 9. The van der Waals surface area contributed by atoms with E-state index in [9.17, 15) is 4.79 Å². The topological polar surface area (TPSA) is 35.5 Å². The molecule has 3 heteroatoms. The normalized spacial score (nSPS) is 14.9. The van der Waals surface area contributed by atoms with Crippen LogP contribution in [0, 0.1) is 0 Å². The molecule has 178 valence electrons. The van der Waals surface area contributed by atoms with Gasteiger partial charge >= 0.3 is 5.97 Å². The third-order valence-electron chi connectivity index (χ3n) is 6.52. The van der Waals surface area contributed by atoms with Crippen molar-refractivity contribution in [2.45, 2.75) is 96.5 Å². The minimum atomic E-state index is -0.447. The van der Waals surface area contributed by atoms with Crippen molar-refractivity contribution in [1.82, 2.24) is 0 Å². The average molecular weight is 449 g/mol. The van der Waals surface area contributed by atoms with Crippen LogP contribution in [-0.2, 0) is 11.2 Å². The Kier molecular flexibility index (Phi) is 10.5. The summed E-state index contributed by atoms with van der Waals surface area (Å²) in [4.78, 5) is 11.4. The van der Waals surface area contributed by atoms with Crippen LogP contribution in [0.5, 0.6) is 11.5 Å². The van der Waals surface area contributed by atoms with Crippen LogP contribution in [0.3, 0.4) is 0 Å². The van der Waals surface area contributed by atoms with Gasteiger partial charge in [0.15, 0.2) is 0 Å². The summed E-state index contributed by atoms with van der Waals surface area (Å²) in [5, 5.41) is 0. The van der Waals surface area contributed by atoms with E-state index in [1.165, 1.54) is 75.8 Å². The Morgan fingerprint density at radius 1 is 0.970 bits per heavy atom. The van der Waals surface area contributed by atoms with Gasteiger partial charge in [0.2, 0.25) is 0 Å². The van der Waals surface area contributed by atoms with Crippen LogP contribution in [0.1, 0.15) is 89.5 Å². The molecule has 0 aliphatic carbocycles. The highest BCUT2D eigenvalue weighted by Crippen LogP contribution is 2.36. The fourth-order valence-electron chi connectivity index (χ4n) is 4.55. The van der Waals surface area contributed by atoms with Gasteiger partial charge in [-0.1, -0.05) is 95.6 Å². The third kappa shape index (κ3) is 8.38. The Morgan fingerprint density at radius 3 is 2.30 bits per heavy atom. The predicted molar refractivity (Wildman–Crippen MR) is 137 cm³/mol. The van der Waals surface area contributed by atoms with Crippen LogP contribution in [0.15, 0.2) is 55.1 Å². The quantitative estimate of drug-likeness (QED) is 0.126. The van der Waals surface area contributed by atoms with Crippen LogP contribution in [0.25, 0.3) is 11.1 Å². The monoisotopic (exact) mass is 448 g/mol. The molecule has 0 spiro atoms. The molecule has 1 heterocycles. The van der Waals surface area contributed by atoms with Crippen molar-refractivity contribution in [3.8, 4) is 22.6 Å². The molecule has 1 atom stereocenters. The summed E-state index contributed by atoms with van der Waals surface area (Å²) < 4.78 is 11.7. The number of fused-ring (bicyclic) bond motifs is 2. The van der Waals surface area contributed by atoms with E-state index in [1.54, 1.807) is 0 Å². The second-order valence-electron chi connectivity index (χ2n) is 9.23. The number of benzene rings is 2. The second kappa shape index (κ2) is 13.9. The Labute approximate surface area is 200 Å². The summed E-state index contributed by atoms with van der Waals surface area (Å²) in [6.07, 6.45) is 18.4. The highest BCUT2D eigenvalue weighted by Gasteiger charge is 2.19. The van der Waals surface area contributed by atoms with Crippen molar-refractivity contribution in [2.75, 3.05) is 0 Å². The summed E-state index contributed by atoms with van der Waals surface area (Å²) in [6.45, 7) is 5.71. The summed E-state index contributed by atoms with van der Waals surface area (Å²) in [5.41, 5.74) is 3.50. The Morgan fingerprint density at radius 2 is 1.64 bits per heavy atom. The molecular weight excluding hydrogens is 408 g/mol. The number of carbonyl (C=O) groups is 1. The van der Waals surface area contributed by atoms with Crippen LogP contribution in [0.4, 0.5) is 0 Å². The Hall–Kier alpha value is -2.55. The number of carbonyl (C=O) groups excluding carboxylic acids is 1. The molecule has 33 heavy (non-hydrogen) atoms. The van der Waals surface area contributed by atoms with E-state index in [-0.39, 0.29) is 6.10 Å². The van der Waals surface area contributed by atoms with Crippen LogP contribution < -0.4 is 9.47 Å². The summed E-state index contributed by atoms with van der Waals surface area (Å²) in [7, 11) is 0. The zero-order valence-electron chi connectivity index (χ0n) is 20.3. The molecule has 0 aromatic heterocycles. The van der Waals surface area contributed by atoms with Crippen molar-refractivity contribution >= 4 is 5.97 Å². The number of rotatable bonds is 14. The Balaban J connectivity index is 1.46. The summed E-state index contributed by atoms with van der Waals surface area (Å²) in [6, 6.07) is 14.1. The lowest BCUT2D eigenvalue weighted by atomic mass is 10.0. The van der Waals surface area contributed by atoms with Gasteiger partial charge in [-0.2, -0.15) is 0 Å². The van der Waals surface area contributed by atoms with Crippen LogP contribution >= 0.6 is 0 Å². The third-order valence-corrected chi connectivity index (χ3v) is 6.52. The fraction of sp³-hybridized carbons (Fsp3) is 0.500. The zero-order valence-corrected chi connectivity index (χ0v) is 20.3. The lowest BCUT2D eigenvalue weighted by Crippen LogP contribution is -2.16. The molecule has 0 saturated carbocycles. The predicted octanol–water partition coefficient (Wildman–Crippen LogP) is 8.45. The maximum absolute atomic E-state index is 11.4. The van der Waals surface area contributed by atoms with E-state index < -0.39 is 5.97 Å². The molecular formula is C30H40O3. The Bertz CT molecular complexity index is 869. The van der Waals surface area contributed by atoms with E-state index in [2.05, 4.69) is 31.7 Å². The lowest BCUT2D eigenvalue weighted by molar-refractivity contribution is -0.128. The molecule has 0 N–H and O–H groups in total. The minimum Gasteiger partial charge on any atom is -0.490 e. The molecule has 3 rings (SSSR count). The first-order chi connectivity index (χ1) is 16.2. The largest absolute Gasteiger partial charge is 0.490 e. The summed E-state index contributed by atoms with van der Waals surface area (Å²) in [5.74, 6) is 1.04. The van der Waals surface area contributed by atoms with Gasteiger partial charge < -0.3 is 9.47 Å². The standard InChI is InChI=1S/C30H40O3/c1-3-5-6-7-8-9-10-11-12-13-14-26-19-15-24-16-22-28(29(23-24)32-26)25-17-20-27(21-18-25)33-30(31)4-2/h4,16-18,20-23,26H,2-3,5-15,19H2,1H3. The lowest BCUT2D eigenvalue weighted by Gasteiger charge is -2.18. The van der Waals surface area contributed by atoms with Gasteiger partial charge in [0.1, 0.15) is 11.5 Å². The van der Waals surface area contributed by atoms with Gasteiger partial charge in [0.25, 0.3) is 0 Å². The fourth-order valence-corrected chi connectivity index (χ4v) is 4.55. The average Bonchev–Trinajstić information content (AvgIpc) is 2.99. The molecule has 1 unspecified atom stereocenters. The number of hydrogen-bond donors (Lipinski definition) is 0. The second-order valence-corrected chi connectivity index (χ2v) is 9.23. The maximum Gasteiger partial charge on any atom is 0.335 e. The van der Waals surface area contributed by atoms with Gasteiger partial charge in [-0.15, -0.1) is 0 Å². The minimum absolute atomic E-state index is 0.283. The summed E-state index contributed by atoms with van der Waals surface area (Å²) >= 11 is 0. The molecule has 2 aromatic carbocycles. The molecule has 3 nitrogen and oxygen atoms in total. The number of aryl methyl sites for hydroxylation is 1. The van der Waals surface area contributed by atoms with Crippen molar-refractivity contribution in [2.24, 2.45) is 0 Å². The molecule has 2 aromatic rings. The van der Waals surface area contributed by atoms with E-state index in [0.29, 0.717) is 5.75 Å². The highest BCUT2D eigenvalue weighted by molar-refractivity contribution is 5.83. The smallest absolute Gasteiger partial charge is 0.335 e. The van der Waals surface area contributed by atoms with Gasteiger partial charge in [-0.25, -0.2) is 4.79 Å². The van der Waals surface area contributed by atoms with Crippen LogP contribution in [0.2, 0.25) is 0 Å². The van der Waals surface area contributed by atoms with Gasteiger partial charge in [-0.3, -0.25) is 0 Å². The van der Waals surface area contributed by atoms with E-state index >= 15 is 0 Å². The molecule has 1 aliphatic heterocycles. The van der Waals surface area contributed by atoms with Crippen LogP contribution in [-0.4, -0.2) is 12.1 Å². The molecule has 2 bridgehead atoms. The molecule has 1 aliphatic rings. The SMILES string of the molecule is C=CC(=O)Oc1ccc(-c2ccc3cc2OC(CCCCCCCCCCCC)CC3)cc1. The number of esters is 1. The van der Waals surface area contributed by atoms with Gasteiger partial charge in [0.05, 0.1) is 6.10 Å². The highest BCUT2D eigenvalue weighted by atomic mass is 16.5. The van der Waals surface area contributed by atoms with Crippen molar-refractivity contribution in [3.05, 3.63) is 60.7 Å². The maximum atomic E-state index is 11.4. The van der Waals surface area contributed by atoms with Gasteiger partial charge in [0, 0.05) is 11.6 Å². The van der Waals surface area contributed by atoms with E-state index in [1.807, 2.05) is 24.3 Å². The first-order valence-corrected chi connectivity index (χ1v) is 12.9. The first-order valence-electron chi connectivity index (χ1n) is 12.9. The van der Waals surface area contributed by atoms with E-state index in [4.69, 9.17) is 9.47 Å². The molecule has 0 fully saturated rings. The van der Waals surface area contributed by atoms with Crippen molar-refractivity contribution in [3.63, 3.8) is 0 Å². The number of hydrogen-bond acceptors (Lipinski definition) is 3.